The maximum absolute atomic E-state index is 11.7. The third-order valence-corrected chi connectivity index (χ3v) is 2.97. The van der Waals surface area contributed by atoms with Crippen molar-refractivity contribution in [2.45, 2.75) is 32.3 Å². The molecule has 1 rings (SSSR count). The van der Waals surface area contributed by atoms with Crippen molar-refractivity contribution >= 4 is 18.0 Å². The average Bonchev–Trinajstić information content (AvgIpc) is 2.50. The minimum absolute atomic E-state index is 0.00673. The summed E-state index contributed by atoms with van der Waals surface area (Å²) in [5, 5.41) is 18.5. The van der Waals surface area contributed by atoms with Gasteiger partial charge in [-0.2, -0.15) is 0 Å². The molecule has 6 nitrogen and oxygen atoms in total. The van der Waals surface area contributed by atoms with Gasteiger partial charge in [-0.15, -0.1) is 0 Å². The van der Waals surface area contributed by atoms with Gasteiger partial charge in [-0.25, -0.2) is 9.59 Å². The van der Waals surface area contributed by atoms with Crippen molar-refractivity contribution < 1.29 is 29.3 Å². The van der Waals surface area contributed by atoms with E-state index in [0.29, 0.717) is 18.4 Å². The first-order chi connectivity index (χ1) is 10.5. The number of rotatable bonds is 8. The van der Waals surface area contributed by atoms with Gasteiger partial charge < -0.3 is 19.7 Å². The van der Waals surface area contributed by atoms with Gasteiger partial charge in [0.1, 0.15) is 0 Å². The Balaban J connectivity index is 2.68. The van der Waals surface area contributed by atoms with Gasteiger partial charge in [-0.3, -0.25) is 0 Å². The second kappa shape index (κ2) is 8.71. The highest BCUT2D eigenvalue weighted by Crippen LogP contribution is 2.26. The van der Waals surface area contributed by atoms with E-state index in [1.165, 1.54) is 19.3 Å². The molecule has 1 unspecified atom stereocenters. The first-order valence-electron chi connectivity index (χ1n) is 6.96. The van der Waals surface area contributed by atoms with Gasteiger partial charge in [0.05, 0.1) is 7.11 Å². The highest BCUT2D eigenvalue weighted by atomic mass is 16.6. The number of carboxylic acids is 1. The fraction of sp³-hybridized carbons (Fsp3) is 0.375. The number of carbonyl (C=O) groups excluding carboxylic acids is 1. The summed E-state index contributed by atoms with van der Waals surface area (Å²) in [4.78, 5) is 22.7. The van der Waals surface area contributed by atoms with Gasteiger partial charge in [-0.05, 0) is 36.6 Å². The summed E-state index contributed by atoms with van der Waals surface area (Å²) in [6.45, 7) is 1.93. The van der Waals surface area contributed by atoms with Crippen LogP contribution in [0.2, 0.25) is 0 Å². The molecule has 0 heterocycles. The maximum Gasteiger partial charge on any atom is 0.345 e. The molecule has 0 fully saturated rings. The van der Waals surface area contributed by atoms with Crippen LogP contribution in [0.3, 0.4) is 0 Å². The van der Waals surface area contributed by atoms with E-state index in [9.17, 15) is 14.7 Å². The maximum atomic E-state index is 11.7. The van der Waals surface area contributed by atoms with Crippen LogP contribution in [-0.2, 0) is 14.3 Å². The number of hydrogen-bond donors (Lipinski definition) is 2. The lowest BCUT2D eigenvalue weighted by molar-refractivity contribution is -0.161. The standard InChI is InChI=1S/C16H20O6/c1-3-4-5-13(16(19)20)22-15(18)9-7-11-6-8-12(17)14(10-11)21-2/h6-10,13,17H,3-5H2,1-2H3,(H,19,20). The number of ether oxygens (including phenoxy) is 2. The molecular formula is C16H20O6. The van der Waals surface area contributed by atoms with Crippen LogP contribution in [-0.4, -0.2) is 35.4 Å². The largest absolute Gasteiger partial charge is 0.504 e. The van der Waals surface area contributed by atoms with Crippen LogP contribution in [0, 0.1) is 0 Å². The van der Waals surface area contributed by atoms with Gasteiger partial charge in [-0.1, -0.05) is 19.4 Å². The molecule has 1 atom stereocenters. The Kier molecular flexibility index (Phi) is 6.95. The van der Waals surface area contributed by atoms with E-state index >= 15 is 0 Å². The van der Waals surface area contributed by atoms with Crippen molar-refractivity contribution in [3.05, 3.63) is 29.8 Å². The number of benzene rings is 1. The minimum atomic E-state index is -1.15. The zero-order valence-corrected chi connectivity index (χ0v) is 12.6. The van der Waals surface area contributed by atoms with Gasteiger partial charge >= 0.3 is 11.9 Å². The van der Waals surface area contributed by atoms with Crippen molar-refractivity contribution in [1.82, 2.24) is 0 Å². The first kappa shape index (κ1) is 17.6. The molecule has 0 amide bonds. The van der Waals surface area contributed by atoms with Crippen molar-refractivity contribution in [3.63, 3.8) is 0 Å². The topological polar surface area (TPSA) is 93.1 Å². The Labute approximate surface area is 129 Å². The molecule has 2 N–H and O–H groups in total. The van der Waals surface area contributed by atoms with Gasteiger partial charge in [0.25, 0.3) is 0 Å². The van der Waals surface area contributed by atoms with Gasteiger partial charge in [0.2, 0.25) is 0 Å². The van der Waals surface area contributed by atoms with Crippen molar-refractivity contribution in [2.75, 3.05) is 7.11 Å². The van der Waals surface area contributed by atoms with E-state index in [0.717, 1.165) is 12.5 Å². The van der Waals surface area contributed by atoms with Crippen LogP contribution in [0.15, 0.2) is 24.3 Å². The zero-order chi connectivity index (χ0) is 16.5. The quantitative estimate of drug-likeness (QED) is 0.566. The molecule has 0 spiro atoms. The molecule has 0 saturated heterocycles. The van der Waals surface area contributed by atoms with Gasteiger partial charge in [0.15, 0.2) is 17.6 Å². The third kappa shape index (κ3) is 5.47. The Bertz CT molecular complexity index is 550. The molecule has 1 aromatic carbocycles. The van der Waals surface area contributed by atoms with Crippen molar-refractivity contribution in [2.24, 2.45) is 0 Å². The minimum Gasteiger partial charge on any atom is -0.504 e. The van der Waals surface area contributed by atoms with Crippen molar-refractivity contribution in [1.29, 1.82) is 0 Å². The molecule has 0 radical (unpaired) electrons. The number of unbranched alkanes of at least 4 members (excludes halogenated alkanes) is 1. The Morgan fingerprint density at radius 3 is 2.68 bits per heavy atom. The smallest absolute Gasteiger partial charge is 0.345 e. The predicted octanol–water partition coefficient (Wildman–Crippen LogP) is 2.60. The number of methoxy groups -OCH3 is 1. The molecule has 1 aromatic rings. The number of phenolic OH excluding ortho intramolecular Hbond substituents is 1. The lowest BCUT2D eigenvalue weighted by Gasteiger charge is -2.11. The lowest BCUT2D eigenvalue weighted by Crippen LogP contribution is -2.26. The van der Waals surface area contributed by atoms with E-state index in [1.54, 1.807) is 12.1 Å². The molecule has 120 valence electrons. The van der Waals surface area contributed by atoms with E-state index in [1.807, 2.05) is 6.92 Å². The summed E-state index contributed by atoms with van der Waals surface area (Å²) in [5.74, 6) is -1.60. The Morgan fingerprint density at radius 2 is 2.09 bits per heavy atom. The number of hydrogen-bond acceptors (Lipinski definition) is 5. The summed E-state index contributed by atoms with van der Waals surface area (Å²) in [6.07, 6.45) is 3.26. The molecular weight excluding hydrogens is 288 g/mol. The van der Waals surface area contributed by atoms with Crippen LogP contribution < -0.4 is 4.74 Å². The number of aliphatic carboxylic acids is 1. The number of carboxylic acid groups (broad SMARTS) is 1. The van der Waals surface area contributed by atoms with Crippen LogP contribution >= 0.6 is 0 Å². The second-order valence-electron chi connectivity index (χ2n) is 4.67. The van der Waals surface area contributed by atoms with Crippen LogP contribution in [0.5, 0.6) is 11.5 Å². The molecule has 22 heavy (non-hydrogen) atoms. The highest BCUT2D eigenvalue weighted by molar-refractivity contribution is 5.89. The monoisotopic (exact) mass is 308 g/mol. The Morgan fingerprint density at radius 1 is 1.36 bits per heavy atom. The number of aromatic hydroxyl groups is 1. The molecule has 0 aliphatic heterocycles. The van der Waals surface area contributed by atoms with E-state index < -0.39 is 18.0 Å². The second-order valence-corrected chi connectivity index (χ2v) is 4.67. The molecule has 0 aliphatic carbocycles. The van der Waals surface area contributed by atoms with Gasteiger partial charge in [0, 0.05) is 6.08 Å². The number of esters is 1. The average molecular weight is 308 g/mol. The van der Waals surface area contributed by atoms with E-state index in [-0.39, 0.29) is 11.5 Å². The number of carbonyl (C=O) groups is 2. The summed E-state index contributed by atoms with van der Waals surface area (Å²) >= 11 is 0. The predicted molar refractivity (Wildman–Crippen MR) is 80.7 cm³/mol. The Hall–Kier alpha value is -2.50. The highest BCUT2D eigenvalue weighted by Gasteiger charge is 2.20. The normalized spacial score (nSPS) is 12.1. The molecule has 0 aromatic heterocycles. The summed E-state index contributed by atoms with van der Waals surface area (Å²) in [7, 11) is 1.42. The number of phenols is 1. The summed E-state index contributed by atoms with van der Waals surface area (Å²) in [5.41, 5.74) is 0.618. The lowest BCUT2D eigenvalue weighted by atomic mass is 10.1. The fourth-order valence-electron chi connectivity index (χ4n) is 1.76. The summed E-state index contributed by atoms with van der Waals surface area (Å²) < 4.78 is 9.87. The SMILES string of the molecule is CCCCC(OC(=O)C=Cc1ccc(O)c(OC)c1)C(=O)O. The third-order valence-electron chi connectivity index (χ3n) is 2.97. The molecule has 0 saturated carbocycles. The van der Waals surface area contributed by atoms with Crippen LogP contribution in [0.25, 0.3) is 6.08 Å². The summed E-state index contributed by atoms with van der Waals surface area (Å²) in [6, 6.07) is 4.57. The molecule has 0 bridgehead atoms. The first-order valence-corrected chi connectivity index (χ1v) is 6.96. The van der Waals surface area contributed by atoms with E-state index in [2.05, 4.69) is 0 Å². The van der Waals surface area contributed by atoms with E-state index in [4.69, 9.17) is 14.6 Å². The van der Waals surface area contributed by atoms with Crippen molar-refractivity contribution in [3.8, 4) is 11.5 Å². The van der Waals surface area contributed by atoms with Crippen LogP contribution in [0.4, 0.5) is 0 Å². The molecule has 0 aliphatic rings. The fourth-order valence-corrected chi connectivity index (χ4v) is 1.76. The van der Waals surface area contributed by atoms with Crippen LogP contribution in [0.1, 0.15) is 31.7 Å². The zero-order valence-electron chi connectivity index (χ0n) is 12.6. The molecule has 6 heteroatoms.